The molecular weight excluding hydrogens is 328 g/mol. The lowest BCUT2D eigenvalue weighted by molar-refractivity contribution is 0.208. The molecule has 1 saturated heterocycles. The quantitative estimate of drug-likeness (QED) is 0.916. The van der Waals surface area contributed by atoms with Crippen molar-refractivity contribution in [1.29, 1.82) is 0 Å². The van der Waals surface area contributed by atoms with Gasteiger partial charge in [0.25, 0.3) is 0 Å². The van der Waals surface area contributed by atoms with Gasteiger partial charge in [0.1, 0.15) is 5.75 Å². The highest BCUT2D eigenvalue weighted by molar-refractivity contribution is 5.89. The minimum absolute atomic E-state index is 0.0445. The number of urea groups is 1. The van der Waals surface area contributed by atoms with Gasteiger partial charge in [-0.15, -0.1) is 0 Å². The summed E-state index contributed by atoms with van der Waals surface area (Å²) in [6.45, 7) is 3.04. The zero-order valence-corrected chi connectivity index (χ0v) is 15.6. The van der Waals surface area contributed by atoms with Gasteiger partial charge in [0.15, 0.2) is 0 Å². The van der Waals surface area contributed by atoms with Gasteiger partial charge in [0.2, 0.25) is 0 Å². The third-order valence-corrected chi connectivity index (χ3v) is 4.64. The molecule has 2 aromatic carbocycles. The Hall–Kier alpha value is -2.89. The number of nitrogens with zero attached hydrogens (tertiary/aromatic N) is 3. The van der Waals surface area contributed by atoms with Gasteiger partial charge in [0.05, 0.1) is 7.11 Å². The van der Waals surface area contributed by atoms with Crippen LogP contribution in [-0.2, 0) is 0 Å². The Morgan fingerprint density at radius 1 is 0.962 bits per heavy atom. The van der Waals surface area contributed by atoms with Gasteiger partial charge in [0, 0.05) is 57.3 Å². The Morgan fingerprint density at radius 2 is 1.58 bits per heavy atom. The van der Waals surface area contributed by atoms with Crippen LogP contribution in [-0.4, -0.2) is 58.3 Å². The summed E-state index contributed by atoms with van der Waals surface area (Å²) < 4.78 is 5.20. The first kappa shape index (κ1) is 17.9. The van der Waals surface area contributed by atoms with E-state index in [-0.39, 0.29) is 6.03 Å². The molecule has 1 aliphatic rings. The van der Waals surface area contributed by atoms with Crippen LogP contribution in [0, 0.1) is 0 Å². The zero-order valence-electron chi connectivity index (χ0n) is 15.6. The van der Waals surface area contributed by atoms with Crippen LogP contribution in [0.25, 0.3) is 0 Å². The zero-order chi connectivity index (χ0) is 18.5. The predicted octanol–water partition coefficient (Wildman–Crippen LogP) is 3.12. The van der Waals surface area contributed by atoms with Crippen molar-refractivity contribution in [3.05, 3.63) is 48.5 Å². The number of piperazine rings is 1. The lowest BCUT2D eigenvalue weighted by Crippen LogP contribution is -2.50. The molecule has 2 amide bonds. The number of carbonyl (C=O) groups excluding carboxylic acids is 1. The smallest absolute Gasteiger partial charge is 0.321 e. The lowest BCUT2D eigenvalue weighted by atomic mass is 10.2. The van der Waals surface area contributed by atoms with E-state index in [9.17, 15) is 4.79 Å². The molecule has 6 nitrogen and oxygen atoms in total. The van der Waals surface area contributed by atoms with E-state index in [2.05, 4.69) is 22.3 Å². The van der Waals surface area contributed by atoms with Crippen LogP contribution in [0.1, 0.15) is 0 Å². The number of methoxy groups -OCH3 is 1. The van der Waals surface area contributed by atoms with Crippen molar-refractivity contribution in [3.63, 3.8) is 0 Å². The van der Waals surface area contributed by atoms with E-state index >= 15 is 0 Å². The Labute approximate surface area is 155 Å². The molecule has 0 aliphatic carbocycles. The van der Waals surface area contributed by atoms with Crippen LogP contribution in [0.3, 0.4) is 0 Å². The molecule has 0 radical (unpaired) electrons. The molecule has 0 atom stereocenters. The van der Waals surface area contributed by atoms with Crippen LogP contribution in [0.5, 0.6) is 5.75 Å². The minimum Gasteiger partial charge on any atom is -0.497 e. The number of anilines is 3. The molecule has 1 heterocycles. The molecule has 138 valence electrons. The van der Waals surface area contributed by atoms with Gasteiger partial charge >= 0.3 is 6.03 Å². The summed E-state index contributed by atoms with van der Waals surface area (Å²) >= 11 is 0. The largest absolute Gasteiger partial charge is 0.497 e. The van der Waals surface area contributed by atoms with Gasteiger partial charge < -0.3 is 24.8 Å². The summed E-state index contributed by atoms with van der Waals surface area (Å²) in [7, 11) is 5.66. The number of hydrogen-bond donors (Lipinski definition) is 1. The first-order chi connectivity index (χ1) is 12.6. The Bertz CT molecular complexity index is 720. The van der Waals surface area contributed by atoms with E-state index < -0.39 is 0 Å². The van der Waals surface area contributed by atoms with Crippen LogP contribution < -0.4 is 19.9 Å². The third-order valence-electron chi connectivity index (χ3n) is 4.64. The molecule has 1 N–H and O–H groups in total. The van der Waals surface area contributed by atoms with E-state index in [4.69, 9.17) is 4.74 Å². The maximum absolute atomic E-state index is 12.5. The number of amides is 2. The molecule has 26 heavy (non-hydrogen) atoms. The van der Waals surface area contributed by atoms with E-state index in [0.29, 0.717) is 13.1 Å². The molecule has 1 aliphatic heterocycles. The van der Waals surface area contributed by atoms with E-state index in [1.54, 1.807) is 7.11 Å². The second kappa shape index (κ2) is 7.99. The van der Waals surface area contributed by atoms with Crippen LogP contribution in [0.4, 0.5) is 21.9 Å². The van der Waals surface area contributed by atoms with Crippen molar-refractivity contribution in [1.82, 2.24) is 4.90 Å². The maximum atomic E-state index is 12.5. The molecule has 6 heteroatoms. The summed E-state index contributed by atoms with van der Waals surface area (Å²) in [5.74, 6) is 0.854. The van der Waals surface area contributed by atoms with Crippen molar-refractivity contribution >= 4 is 23.1 Å². The third kappa shape index (κ3) is 4.20. The molecule has 0 saturated carbocycles. The van der Waals surface area contributed by atoms with Gasteiger partial charge in [-0.3, -0.25) is 0 Å². The molecule has 3 rings (SSSR count). The standard InChI is InChI=1S/C20H26N4O2/c1-22(2)17-6-4-16(5-7-17)21-20(25)24-14-12-23(13-15-24)18-8-10-19(26-3)11-9-18/h4-11H,12-15H2,1-3H3,(H,21,25). The topological polar surface area (TPSA) is 48.1 Å². The summed E-state index contributed by atoms with van der Waals surface area (Å²) in [4.78, 5) is 18.7. The molecule has 1 fully saturated rings. The van der Waals surface area contributed by atoms with Gasteiger partial charge in [-0.25, -0.2) is 4.79 Å². The summed E-state index contributed by atoms with van der Waals surface area (Å²) in [5.41, 5.74) is 3.08. The number of rotatable bonds is 4. The number of nitrogens with one attached hydrogen (secondary N) is 1. The molecular formula is C20H26N4O2. The van der Waals surface area contributed by atoms with Crippen LogP contribution in [0.2, 0.25) is 0 Å². The molecule has 2 aromatic rings. The maximum Gasteiger partial charge on any atom is 0.321 e. The molecule has 0 unspecified atom stereocenters. The van der Waals surface area contributed by atoms with Crippen LogP contribution >= 0.6 is 0 Å². The van der Waals surface area contributed by atoms with E-state index in [1.807, 2.05) is 60.3 Å². The van der Waals surface area contributed by atoms with Gasteiger partial charge in [-0.05, 0) is 48.5 Å². The number of hydrogen-bond acceptors (Lipinski definition) is 4. The van der Waals surface area contributed by atoms with Crippen molar-refractivity contribution < 1.29 is 9.53 Å². The number of carbonyl (C=O) groups is 1. The van der Waals surface area contributed by atoms with Crippen molar-refractivity contribution in [3.8, 4) is 5.75 Å². The SMILES string of the molecule is COc1ccc(N2CCN(C(=O)Nc3ccc(N(C)C)cc3)CC2)cc1. The fourth-order valence-electron chi connectivity index (χ4n) is 3.01. The first-order valence-electron chi connectivity index (χ1n) is 8.79. The fraction of sp³-hybridized carbons (Fsp3) is 0.350. The monoisotopic (exact) mass is 354 g/mol. The predicted molar refractivity (Wildman–Crippen MR) is 107 cm³/mol. The number of ether oxygens (including phenoxy) is 1. The highest BCUT2D eigenvalue weighted by atomic mass is 16.5. The minimum atomic E-state index is -0.0445. The van der Waals surface area contributed by atoms with E-state index in [0.717, 1.165) is 35.9 Å². The highest BCUT2D eigenvalue weighted by Gasteiger charge is 2.21. The molecule has 0 bridgehead atoms. The molecule has 0 spiro atoms. The Balaban J connectivity index is 1.52. The first-order valence-corrected chi connectivity index (χ1v) is 8.79. The van der Waals surface area contributed by atoms with Crippen LogP contribution in [0.15, 0.2) is 48.5 Å². The Kier molecular flexibility index (Phi) is 5.51. The second-order valence-electron chi connectivity index (χ2n) is 6.54. The summed E-state index contributed by atoms with van der Waals surface area (Å²) in [5, 5.41) is 2.98. The highest BCUT2D eigenvalue weighted by Crippen LogP contribution is 2.21. The second-order valence-corrected chi connectivity index (χ2v) is 6.54. The van der Waals surface area contributed by atoms with Crippen molar-refractivity contribution in [2.45, 2.75) is 0 Å². The van der Waals surface area contributed by atoms with Crippen molar-refractivity contribution in [2.75, 3.05) is 62.5 Å². The van der Waals surface area contributed by atoms with Gasteiger partial charge in [-0.2, -0.15) is 0 Å². The Morgan fingerprint density at radius 3 is 2.12 bits per heavy atom. The summed E-state index contributed by atoms with van der Waals surface area (Å²) in [6, 6.07) is 15.9. The average Bonchev–Trinajstić information content (AvgIpc) is 2.68. The average molecular weight is 354 g/mol. The fourth-order valence-corrected chi connectivity index (χ4v) is 3.01. The number of benzene rings is 2. The summed E-state index contributed by atoms with van der Waals surface area (Å²) in [6.07, 6.45) is 0. The molecule has 0 aromatic heterocycles. The van der Waals surface area contributed by atoms with Gasteiger partial charge in [-0.1, -0.05) is 0 Å². The van der Waals surface area contributed by atoms with Crippen molar-refractivity contribution in [2.24, 2.45) is 0 Å². The van der Waals surface area contributed by atoms with E-state index in [1.165, 1.54) is 0 Å². The normalized spacial score (nSPS) is 14.1. The lowest BCUT2D eigenvalue weighted by Gasteiger charge is -2.36.